The van der Waals surface area contributed by atoms with E-state index in [-0.39, 0.29) is 12.4 Å². The molecule has 2 aromatic rings. The van der Waals surface area contributed by atoms with Crippen molar-refractivity contribution in [3.63, 3.8) is 0 Å². The molecule has 0 saturated heterocycles. The summed E-state index contributed by atoms with van der Waals surface area (Å²) in [4.78, 5) is 4.17. The maximum absolute atomic E-state index is 10.0. The van der Waals surface area contributed by atoms with Crippen molar-refractivity contribution < 1.29 is 5.11 Å². The molecule has 0 amide bonds. The molecule has 0 saturated carbocycles. The minimum Gasteiger partial charge on any atom is -0.398 e. The third kappa shape index (κ3) is 4.43. The Morgan fingerprint density at radius 1 is 1.32 bits per heavy atom. The van der Waals surface area contributed by atoms with Crippen molar-refractivity contribution in [2.24, 2.45) is 5.73 Å². The Hall–Kier alpha value is -2.66. The number of nitrogens with two attached hydrogens (primary N) is 1. The van der Waals surface area contributed by atoms with Crippen LogP contribution < -0.4 is 11.1 Å². The van der Waals surface area contributed by atoms with Gasteiger partial charge in [0.05, 0.1) is 6.10 Å². The summed E-state index contributed by atoms with van der Waals surface area (Å²) in [5.74, 6) is 0.146. The van der Waals surface area contributed by atoms with Crippen LogP contribution in [-0.4, -0.2) is 22.5 Å². The highest BCUT2D eigenvalue weighted by Crippen LogP contribution is 2.11. The van der Waals surface area contributed by atoms with Gasteiger partial charge < -0.3 is 16.2 Å². The van der Waals surface area contributed by atoms with Crippen molar-refractivity contribution in [3.8, 4) is 0 Å². The first kappa shape index (κ1) is 15.7. The molecular weight excluding hydrogens is 276 g/mol. The predicted octanol–water partition coefficient (Wildman–Crippen LogP) is 1.99. The van der Waals surface area contributed by atoms with E-state index in [1.54, 1.807) is 6.20 Å². The number of nitrogens with one attached hydrogen (secondary N) is 2. The van der Waals surface area contributed by atoms with E-state index in [9.17, 15) is 5.11 Å². The molecule has 1 atom stereocenters. The topological polar surface area (TPSA) is 95.0 Å². The number of amidine groups is 1. The van der Waals surface area contributed by atoms with E-state index in [0.29, 0.717) is 5.70 Å². The van der Waals surface area contributed by atoms with Crippen LogP contribution >= 0.6 is 0 Å². The molecule has 5 heteroatoms. The number of aromatic nitrogens is 1. The molecular formula is C17H20N4O. The van der Waals surface area contributed by atoms with Crippen molar-refractivity contribution in [2.75, 3.05) is 6.54 Å². The SMILES string of the molecule is Cc1ccc(/C(N)=C/C(=N)NCC(O)c2ccccc2)cn1. The van der Waals surface area contributed by atoms with Crippen LogP contribution in [0.1, 0.15) is 22.9 Å². The smallest absolute Gasteiger partial charge is 0.120 e. The number of hydrogen-bond acceptors (Lipinski definition) is 4. The van der Waals surface area contributed by atoms with Crippen LogP contribution in [0.4, 0.5) is 0 Å². The zero-order valence-electron chi connectivity index (χ0n) is 12.5. The fourth-order valence-corrected chi connectivity index (χ4v) is 1.93. The lowest BCUT2D eigenvalue weighted by Gasteiger charge is -2.12. The summed E-state index contributed by atoms with van der Waals surface area (Å²) in [5.41, 5.74) is 8.88. The molecule has 0 aliphatic heterocycles. The van der Waals surface area contributed by atoms with E-state index in [2.05, 4.69) is 10.3 Å². The molecule has 22 heavy (non-hydrogen) atoms. The Bertz CT molecular complexity index is 650. The average molecular weight is 296 g/mol. The second-order valence-electron chi connectivity index (χ2n) is 5.01. The van der Waals surface area contributed by atoms with Gasteiger partial charge in [-0.25, -0.2) is 0 Å². The Morgan fingerprint density at radius 2 is 2.05 bits per heavy atom. The molecule has 0 aliphatic rings. The summed E-state index contributed by atoms with van der Waals surface area (Å²) in [6.07, 6.45) is 2.52. The number of rotatable bonds is 5. The van der Waals surface area contributed by atoms with Crippen molar-refractivity contribution in [3.05, 3.63) is 71.6 Å². The second kappa shape index (κ2) is 7.38. The quantitative estimate of drug-likeness (QED) is 0.501. The Morgan fingerprint density at radius 3 is 2.68 bits per heavy atom. The summed E-state index contributed by atoms with van der Waals surface area (Å²) >= 11 is 0. The van der Waals surface area contributed by atoms with E-state index in [4.69, 9.17) is 11.1 Å². The van der Waals surface area contributed by atoms with Gasteiger partial charge in [0.15, 0.2) is 0 Å². The van der Waals surface area contributed by atoms with Gasteiger partial charge in [-0.3, -0.25) is 10.4 Å². The van der Waals surface area contributed by atoms with Crippen molar-refractivity contribution in [1.29, 1.82) is 5.41 Å². The highest BCUT2D eigenvalue weighted by atomic mass is 16.3. The van der Waals surface area contributed by atoms with E-state index in [1.807, 2.05) is 49.4 Å². The number of aliphatic hydroxyl groups is 1. The van der Waals surface area contributed by atoms with Crippen LogP contribution in [0.15, 0.2) is 54.7 Å². The first-order valence-corrected chi connectivity index (χ1v) is 7.02. The Balaban J connectivity index is 1.92. The van der Waals surface area contributed by atoms with Gasteiger partial charge in [0.1, 0.15) is 5.84 Å². The molecule has 0 aliphatic carbocycles. The van der Waals surface area contributed by atoms with Crippen LogP contribution in [0.25, 0.3) is 5.70 Å². The summed E-state index contributed by atoms with van der Waals surface area (Å²) in [5, 5.41) is 20.7. The zero-order chi connectivity index (χ0) is 15.9. The minimum absolute atomic E-state index is 0.146. The van der Waals surface area contributed by atoms with Crippen molar-refractivity contribution in [1.82, 2.24) is 10.3 Å². The molecule has 0 bridgehead atoms. The molecule has 1 unspecified atom stereocenters. The lowest BCUT2D eigenvalue weighted by atomic mass is 10.1. The van der Waals surface area contributed by atoms with Crippen molar-refractivity contribution in [2.45, 2.75) is 13.0 Å². The monoisotopic (exact) mass is 296 g/mol. The molecule has 1 aromatic carbocycles. The first-order valence-electron chi connectivity index (χ1n) is 7.02. The summed E-state index contributed by atoms with van der Waals surface area (Å²) in [6, 6.07) is 13.0. The highest BCUT2D eigenvalue weighted by Gasteiger charge is 2.07. The van der Waals surface area contributed by atoms with Gasteiger partial charge in [-0.1, -0.05) is 30.3 Å². The minimum atomic E-state index is -0.669. The van der Waals surface area contributed by atoms with E-state index >= 15 is 0 Å². The Labute approximate surface area is 130 Å². The second-order valence-corrected chi connectivity index (χ2v) is 5.01. The number of nitrogens with zero attached hydrogens (tertiary/aromatic N) is 1. The maximum atomic E-state index is 10.0. The van der Waals surface area contributed by atoms with Crippen LogP contribution in [-0.2, 0) is 0 Å². The number of benzene rings is 1. The molecule has 0 radical (unpaired) electrons. The summed E-state index contributed by atoms with van der Waals surface area (Å²) in [7, 11) is 0. The first-order chi connectivity index (χ1) is 10.6. The normalized spacial score (nSPS) is 12.7. The molecule has 1 aromatic heterocycles. The molecule has 114 valence electrons. The number of aliphatic hydroxyl groups excluding tert-OH is 1. The summed E-state index contributed by atoms with van der Waals surface area (Å²) in [6.45, 7) is 2.15. The van der Waals surface area contributed by atoms with Crippen molar-refractivity contribution >= 4 is 11.5 Å². The molecule has 5 nitrogen and oxygen atoms in total. The molecule has 0 fully saturated rings. The van der Waals surface area contributed by atoms with Crippen LogP contribution in [0, 0.1) is 12.3 Å². The fraction of sp³-hybridized carbons (Fsp3) is 0.176. The van der Waals surface area contributed by atoms with Gasteiger partial charge in [-0.2, -0.15) is 0 Å². The fourth-order valence-electron chi connectivity index (χ4n) is 1.93. The number of hydrogen-bond donors (Lipinski definition) is 4. The van der Waals surface area contributed by atoms with Crippen LogP contribution in [0.2, 0.25) is 0 Å². The lowest BCUT2D eigenvalue weighted by molar-refractivity contribution is 0.181. The predicted molar refractivity (Wildman–Crippen MR) is 88.3 cm³/mol. The average Bonchev–Trinajstić information content (AvgIpc) is 2.54. The van der Waals surface area contributed by atoms with E-state index in [0.717, 1.165) is 16.8 Å². The van der Waals surface area contributed by atoms with E-state index < -0.39 is 6.10 Å². The van der Waals surface area contributed by atoms with Gasteiger partial charge >= 0.3 is 0 Å². The van der Waals surface area contributed by atoms with Crippen LogP contribution in [0.5, 0.6) is 0 Å². The largest absolute Gasteiger partial charge is 0.398 e. The molecule has 1 heterocycles. The third-order valence-electron chi connectivity index (χ3n) is 3.21. The third-order valence-corrected chi connectivity index (χ3v) is 3.21. The molecule has 2 rings (SSSR count). The van der Waals surface area contributed by atoms with Gasteiger partial charge in [0.2, 0.25) is 0 Å². The van der Waals surface area contributed by atoms with Gasteiger partial charge in [-0.15, -0.1) is 0 Å². The zero-order valence-corrected chi connectivity index (χ0v) is 12.5. The van der Waals surface area contributed by atoms with Crippen LogP contribution in [0.3, 0.4) is 0 Å². The number of pyridine rings is 1. The summed E-state index contributed by atoms with van der Waals surface area (Å²) < 4.78 is 0. The highest BCUT2D eigenvalue weighted by molar-refractivity contribution is 5.96. The maximum Gasteiger partial charge on any atom is 0.120 e. The van der Waals surface area contributed by atoms with Gasteiger partial charge in [0, 0.05) is 35.8 Å². The van der Waals surface area contributed by atoms with E-state index in [1.165, 1.54) is 6.08 Å². The standard InChI is InChI=1S/C17H20N4O/c1-12-7-8-14(10-20-12)15(18)9-17(19)21-11-16(22)13-5-3-2-4-6-13/h2-10,16,22H,11,18H2,1H3,(H2,19,21)/b15-9-. The van der Waals surface area contributed by atoms with Gasteiger partial charge in [-0.05, 0) is 24.6 Å². The van der Waals surface area contributed by atoms with Gasteiger partial charge in [0.25, 0.3) is 0 Å². The molecule has 0 spiro atoms. The number of aryl methyl sites for hydroxylation is 1. The lowest BCUT2D eigenvalue weighted by Crippen LogP contribution is -2.26. The Kier molecular flexibility index (Phi) is 5.27. The molecule has 5 N–H and O–H groups in total.